The lowest BCUT2D eigenvalue weighted by Crippen LogP contribution is -2.36. The average Bonchev–Trinajstić information content (AvgIpc) is 2.63. The van der Waals surface area contributed by atoms with Gasteiger partial charge in [-0.15, -0.1) is 5.10 Å². The first-order valence-corrected chi connectivity index (χ1v) is 6.48. The third-order valence-corrected chi connectivity index (χ3v) is 2.82. The lowest BCUT2D eigenvalue weighted by Gasteiger charge is -2.17. The molecule has 0 spiro atoms. The molecule has 0 aromatic carbocycles. The first-order valence-electron chi connectivity index (χ1n) is 6.48. The second-order valence-electron chi connectivity index (χ2n) is 5.58. The van der Waals surface area contributed by atoms with E-state index in [1.807, 2.05) is 20.8 Å². The molecular formula is C12H20N4O3. The molecule has 2 heterocycles. The predicted octanol–water partition coefficient (Wildman–Crippen LogP) is 1.16. The van der Waals surface area contributed by atoms with Crippen LogP contribution in [0.5, 0.6) is 6.08 Å². The second-order valence-corrected chi connectivity index (χ2v) is 5.58. The maximum atomic E-state index is 11.9. The van der Waals surface area contributed by atoms with Crippen LogP contribution in [0.25, 0.3) is 0 Å². The Morgan fingerprint density at radius 1 is 1.32 bits per heavy atom. The van der Waals surface area contributed by atoms with E-state index in [0.717, 1.165) is 19.5 Å². The van der Waals surface area contributed by atoms with Crippen LogP contribution in [-0.4, -0.2) is 47.4 Å². The van der Waals surface area contributed by atoms with Crippen molar-refractivity contribution in [1.82, 2.24) is 20.4 Å². The molecule has 0 atom stereocenters. The fourth-order valence-electron chi connectivity index (χ4n) is 1.72. The van der Waals surface area contributed by atoms with E-state index in [-0.39, 0.29) is 11.5 Å². The van der Waals surface area contributed by atoms with Crippen molar-refractivity contribution < 1.29 is 13.9 Å². The van der Waals surface area contributed by atoms with E-state index in [2.05, 4.69) is 15.5 Å². The molecule has 1 aromatic heterocycles. The van der Waals surface area contributed by atoms with E-state index in [1.165, 1.54) is 0 Å². The summed E-state index contributed by atoms with van der Waals surface area (Å²) in [5.74, 6) is 0.452. The Bertz CT molecular complexity index is 430. The summed E-state index contributed by atoms with van der Waals surface area (Å²) in [5.41, 5.74) is -0.260. The van der Waals surface area contributed by atoms with Crippen molar-refractivity contribution in [3.8, 4) is 6.08 Å². The lowest BCUT2D eigenvalue weighted by molar-refractivity contribution is 0.139. The molecule has 1 aromatic rings. The molecular weight excluding hydrogens is 248 g/mol. The minimum absolute atomic E-state index is 0.0906. The summed E-state index contributed by atoms with van der Waals surface area (Å²) in [6, 6.07) is 0. The Morgan fingerprint density at radius 3 is 2.79 bits per heavy atom. The van der Waals surface area contributed by atoms with Crippen LogP contribution >= 0.6 is 0 Å². The normalized spacial score (nSPS) is 17.1. The topological polar surface area (TPSA) is 80.5 Å². The molecule has 1 fully saturated rings. The minimum atomic E-state index is -0.437. The van der Waals surface area contributed by atoms with Crippen molar-refractivity contribution in [1.29, 1.82) is 0 Å². The average molecular weight is 268 g/mol. The Kier molecular flexibility index (Phi) is 4.04. The Labute approximate surface area is 112 Å². The number of carbonyl (C=O) groups excluding carboxylic acids is 1. The molecule has 2 rings (SSSR count). The molecule has 0 unspecified atom stereocenters. The van der Waals surface area contributed by atoms with Gasteiger partial charge in [0.05, 0.1) is 0 Å². The second kappa shape index (κ2) is 5.56. The summed E-state index contributed by atoms with van der Waals surface area (Å²) in [4.78, 5) is 13.6. The van der Waals surface area contributed by atoms with Gasteiger partial charge in [0.15, 0.2) is 0 Å². The molecule has 0 saturated carbocycles. The third kappa shape index (κ3) is 3.66. The SMILES string of the molecule is CC(C)(C)c1nnc(OC(=O)N2CCCNCC2)o1. The van der Waals surface area contributed by atoms with Crippen LogP contribution < -0.4 is 10.1 Å². The summed E-state index contributed by atoms with van der Waals surface area (Å²) in [5, 5.41) is 10.8. The van der Waals surface area contributed by atoms with E-state index in [0.29, 0.717) is 19.0 Å². The van der Waals surface area contributed by atoms with E-state index in [4.69, 9.17) is 9.15 Å². The van der Waals surface area contributed by atoms with E-state index >= 15 is 0 Å². The summed E-state index contributed by atoms with van der Waals surface area (Å²) < 4.78 is 10.4. The smallest absolute Gasteiger partial charge is 0.393 e. The quantitative estimate of drug-likeness (QED) is 0.823. The number of aromatic nitrogens is 2. The number of amides is 1. The molecule has 0 radical (unpaired) electrons. The highest BCUT2D eigenvalue weighted by molar-refractivity contribution is 5.69. The largest absolute Gasteiger partial charge is 0.423 e. The van der Waals surface area contributed by atoms with E-state index in [9.17, 15) is 4.79 Å². The molecule has 19 heavy (non-hydrogen) atoms. The van der Waals surface area contributed by atoms with Gasteiger partial charge in [-0.05, 0) is 13.0 Å². The van der Waals surface area contributed by atoms with Crippen LogP contribution in [0.3, 0.4) is 0 Å². The molecule has 1 N–H and O–H groups in total. The van der Waals surface area contributed by atoms with Crippen LogP contribution in [0.2, 0.25) is 0 Å². The maximum Gasteiger partial charge on any atom is 0.423 e. The van der Waals surface area contributed by atoms with Crippen LogP contribution in [0.1, 0.15) is 33.1 Å². The Balaban J connectivity index is 1.96. The van der Waals surface area contributed by atoms with Crippen molar-refractivity contribution in [2.45, 2.75) is 32.6 Å². The highest BCUT2D eigenvalue weighted by atomic mass is 16.6. The van der Waals surface area contributed by atoms with Crippen LogP contribution in [0, 0.1) is 0 Å². The number of carbonyl (C=O) groups is 1. The first kappa shape index (κ1) is 13.8. The zero-order chi connectivity index (χ0) is 13.9. The molecule has 1 saturated heterocycles. The van der Waals surface area contributed by atoms with Crippen LogP contribution in [0.15, 0.2) is 4.42 Å². The number of ether oxygens (including phenoxy) is 1. The molecule has 0 aliphatic carbocycles. The van der Waals surface area contributed by atoms with Crippen molar-refractivity contribution >= 4 is 6.09 Å². The Hall–Kier alpha value is -1.63. The van der Waals surface area contributed by atoms with Gasteiger partial charge in [-0.3, -0.25) is 0 Å². The number of rotatable bonds is 1. The van der Waals surface area contributed by atoms with Gasteiger partial charge in [-0.2, -0.15) is 0 Å². The molecule has 7 heteroatoms. The fourth-order valence-corrected chi connectivity index (χ4v) is 1.72. The third-order valence-electron chi connectivity index (χ3n) is 2.82. The minimum Gasteiger partial charge on any atom is -0.393 e. The maximum absolute atomic E-state index is 11.9. The number of hydrogen-bond donors (Lipinski definition) is 1. The molecule has 7 nitrogen and oxygen atoms in total. The van der Waals surface area contributed by atoms with Crippen molar-refractivity contribution in [2.75, 3.05) is 26.2 Å². The molecule has 1 aliphatic heterocycles. The lowest BCUT2D eigenvalue weighted by atomic mass is 9.97. The van der Waals surface area contributed by atoms with Crippen molar-refractivity contribution in [3.63, 3.8) is 0 Å². The molecule has 1 aliphatic rings. The van der Waals surface area contributed by atoms with Crippen molar-refractivity contribution in [3.05, 3.63) is 5.89 Å². The summed E-state index contributed by atoms with van der Waals surface area (Å²) in [6.07, 6.45) is 0.381. The highest BCUT2D eigenvalue weighted by Crippen LogP contribution is 2.23. The molecule has 1 amide bonds. The van der Waals surface area contributed by atoms with Gasteiger partial charge in [0.1, 0.15) is 0 Å². The summed E-state index contributed by atoms with van der Waals surface area (Å²) in [6.45, 7) is 8.83. The highest BCUT2D eigenvalue weighted by Gasteiger charge is 2.24. The summed E-state index contributed by atoms with van der Waals surface area (Å²) in [7, 11) is 0. The number of nitrogens with zero attached hydrogens (tertiary/aromatic N) is 3. The van der Waals surface area contributed by atoms with E-state index in [1.54, 1.807) is 4.90 Å². The number of nitrogens with one attached hydrogen (secondary N) is 1. The number of hydrogen-bond acceptors (Lipinski definition) is 6. The molecule has 0 bridgehead atoms. The zero-order valence-corrected chi connectivity index (χ0v) is 11.6. The van der Waals surface area contributed by atoms with Gasteiger partial charge in [0, 0.05) is 25.0 Å². The summed E-state index contributed by atoms with van der Waals surface area (Å²) >= 11 is 0. The Morgan fingerprint density at radius 2 is 2.11 bits per heavy atom. The van der Waals surface area contributed by atoms with Crippen molar-refractivity contribution in [2.24, 2.45) is 0 Å². The van der Waals surface area contributed by atoms with Crippen LogP contribution in [-0.2, 0) is 5.41 Å². The van der Waals surface area contributed by atoms with Gasteiger partial charge in [0.2, 0.25) is 5.89 Å². The first-order chi connectivity index (χ1) is 8.97. The van der Waals surface area contributed by atoms with Gasteiger partial charge in [-0.1, -0.05) is 25.9 Å². The van der Waals surface area contributed by atoms with Gasteiger partial charge in [0.25, 0.3) is 0 Å². The molecule has 106 valence electrons. The van der Waals surface area contributed by atoms with E-state index < -0.39 is 6.09 Å². The fraction of sp³-hybridized carbons (Fsp3) is 0.750. The monoisotopic (exact) mass is 268 g/mol. The van der Waals surface area contributed by atoms with Gasteiger partial charge >= 0.3 is 12.2 Å². The standard InChI is InChI=1S/C12H20N4O3/c1-12(2,3)9-14-15-10(18-9)19-11(17)16-7-4-5-13-6-8-16/h13H,4-8H2,1-3H3. The van der Waals surface area contributed by atoms with Crippen LogP contribution in [0.4, 0.5) is 4.79 Å². The van der Waals surface area contributed by atoms with Gasteiger partial charge < -0.3 is 19.4 Å². The zero-order valence-electron chi connectivity index (χ0n) is 11.6. The predicted molar refractivity (Wildman–Crippen MR) is 68.1 cm³/mol. The van der Waals surface area contributed by atoms with Gasteiger partial charge in [-0.25, -0.2) is 4.79 Å².